The van der Waals surface area contributed by atoms with Crippen molar-refractivity contribution in [2.75, 3.05) is 4.90 Å². The number of benzene rings is 2. The first-order chi connectivity index (χ1) is 10.6. The topological polar surface area (TPSA) is 37.4 Å². The summed E-state index contributed by atoms with van der Waals surface area (Å²) >= 11 is 4.88. The maximum Gasteiger partial charge on any atom is 0.247 e. The Kier molecular flexibility index (Phi) is 4.64. The lowest BCUT2D eigenvalue weighted by atomic mass is 10.2. The molecule has 0 N–H and O–H groups in total. The molecular formula is C17H14BrNO2S. The Morgan fingerprint density at radius 2 is 1.73 bits per heavy atom. The molecule has 0 saturated carbocycles. The average Bonchev–Trinajstić information content (AvgIpc) is 2.82. The second kappa shape index (κ2) is 6.67. The summed E-state index contributed by atoms with van der Waals surface area (Å²) in [5.74, 6) is 0.491. The Morgan fingerprint density at radius 1 is 1.05 bits per heavy atom. The normalized spacial score (nSPS) is 18.0. The fourth-order valence-corrected chi connectivity index (χ4v) is 3.73. The van der Waals surface area contributed by atoms with Crippen molar-refractivity contribution in [3.8, 4) is 0 Å². The summed E-state index contributed by atoms with van der Waals surface area (Å²) in [5, 5.41) is -0.295. The zero-order chi connectivity index (χ0) is 15.5. The number of amides is 2. The Hall–Kier alpha value is -1.59. The fourth-order valence-electron chi connectivity index (χ4n) is 2.37. The van der Waals surface area contributed by atoms with E-state index in [4.69, 9.17) is 0 Å². The van der Waals surface area contributed by atoms with Gasteiger partial charge in [-0.05, 0) is 29.8 Å². The van der Waals surface area contributed by atoms with Gasteiger partial charge in [0.2, 0.25) is 11.8 Å². The van der Waals surface area contributed by atoms with Gasteiger partial charge in [0, 0.05) is 16.6 Å². The molecule has 3 nitrogen and oxygen atoms in total. The predicted octanol–water partition coefficient (Wildman–Crippen LogP) is 4.01. The predicted molar refractivity (Wildman–Crippen MR) is 92.8 cm³/mol. The van der Waals surface area contributed by atoms with Gasteiger partial charge in [0.05, 0.1) is 10.9 Å². The first-order valence-corrected chi connectivity index (χ1v) is 8.77. The van der Waals surface area contributed by atoms with E-state index < -0.39 is 0 Å². The van der Waals surface area contributed by atoms with Crippen LogP contribution in [-0.2, 0) is 15.3 Å². The van der Waals surface area contributed by atoms with Crippen LogP contribution in [-0.4, -0.2) is 17.1 Å². The molecule has 1 atom stereocenters. The van der Waals surface area contributed by atoms with E-state index >= 15 is 0 Å². The summed E-state index contributed by atoms with van der Waals surface area (Å²) in [7, 11) is 0. The summed E-state index contributed by atoms with van der Waals surface area (Å²) in [6, 6.07) is 17.2. The van der Waals surface area contributed by atoms with Crippen molar-refractivity contribution in [2.45, 2.75) is 17.4 Å². The molecule has 0 aliphatic carbocycles. The van der Waals surface area contributed by atoms with E-state index in [2.05, 4.69) is 15.9 Å². The number of carbonyl (C=O) groups excluding carboxylic acids is 2. The van der Waals surface area contributed by atoms with Crippen molar-refractivity contribution in [3.63, 3.8) is 0 Å². The lowest BCUT2D eigenvalue weighted by Crippen LogP contribution is -2.31. The first-order valence-electron chi connectivity index (χ1n) is 6.93. The van der Waals surface area contributed by atoms with E-state index in [-0.39, 0.29) is 23.5 Å². The van der Waals surface area contributed by atoms with Crippen molar-refractivity contribution in [1.82, 2.24) is 0 Å². The van der Waals surface area contributed by atoms with Crippen LogP contribution < -0.4 is 4.90 Å². The minimum absolute atomic E-state index is 0.117. The number of hydrogen-bond acceptors (Lipinski definition) is 3. The van der Waals surface area contributed by atoms with Crippen LogP contribution in [0.1, 0.15) is 12.0 Å². The van der Waals surface area contributed by atoms with Crippen molar-refractivity contribution in [3.05, 3.63) is 64.6 Å². The van der Waals surface area contributed by atoms with Gasteiger partial charge in [-0.15, -0.1) is 11.8 Å². The number of anilines is 1. The number of carbonyl (C=O) groups is 2. The number of imide groups is 1. The van der Waals surface area contributed by atoms with Crippen LogP contribution in [0.15, 0.2) is 59.1 Å². The molecule has 112 valence electrons. The van der Waals surface area contributed by atoms with Crippen LogP contribution in [0.5, 0.6) is 0 Å². The molecule has 1 aliphatic heterocycles. The second-order valence-corrected chi connectivity index (χ2v) is 7.14. The van der Waals surface area contributed by atoms with E-state index in [9.17, 15) is 9.59 Å². The molecule has 0 radical (unpaired) electrons. The van der Waals surface area contributed by atoms with E-state index in [0.29, 0.717) is 5.69 Å². The van der Waals surface area contributed by atoms with E-state index in [1.165, 1.54) is 16.7 Å². The highest BCUT2D eigenvalue weighted by molar-refractivity contribution is 9.10. The van der Waals surface area contributed by atoms with Gasteiger partial charge in [-0.1, -0.05) is 46.3 Å². The van der Waals surface area contributed by atoms with Gasteiger partial charge in [0.15, 0.2) is 0 Å². The van der Waals surface area contributed by atoms with Crippen molar-refractivity contribution < 1.29 is 9.59 Å². The zero-order valence-corrected chi connectivity index (χ0v) is 14.1. The maximum absolute atomic E-state index is 12.5. The highest BCUT2D eigenvalue weighted by Gasteiger charge is 2.39. The summed E-state index contributed by atoms with van der Waals surface area (Å²) in [4.78, 5) is 26.0. The van der Waals surface area contributed by atoms with E-state index in [1.807, 2.05) is 42.5 Å². The van der Waals surface area contributed by atoms with Gasteiger partial charge in [-0.2, -0.15) is 0 Å². The quantitative estimate of drug-likeness (QED) is 0.757. The van der Waals surface area contributed by atoms with E-state index in [1.54, 1.807) is 12.1 Å². The third kappa shape index (κ3) is 3.25. The molecule has 5 heteroatoms. The van der Waals surface area contributed by atoms with Crippen molar-refractivity contribution >= 4 is 45.2 Å². The Bertz CT molecular complexity index is 688. The third-order valence-electron chi connectivity index (χ3n) is 3.48. The Morgan fingerprint density at radius 3 is 2.41 bits per heavy atom. The summed E-state index contributed by atoms with van der Waals surface area (Å²) in [6.07, 6.45) is 0.270. The summed E-state index contributed by atoms with van der Waals surface area (Å²) in [6.45, 7) is 0. The average molecular weight is 376 g/mol. The zero-order valence-electron chi connectivity index (χ0n) is 11.7. The Labute approximate surface area is 141 Å². The fraction of sp³-hybridized carbons (Fsp3) is 0.176. The lowest BCUT2D eigenvalue weighted by molar-refractivity contribution is -0.121. The van der Waals surface area contributed by atoms with Gasteiger partial charge in [-0.3, -0.25) is 9.59 Å². The molecule has 0 aromatic heterocycles. The number of halogens is 1. The van der Waals surface area contributed by atoms with Crippen LogP contribution >= 0.6 is 27.7 Å². The van der Waals surface area contributed by atoms with Gasteiger partial charge in [-0.25, -0.2) is 4.90 Å². The second-order valence-electron chi connectivity index (χ2n) is 5.03. The van der Waals surface area contributed by atoms with Crippen LogP contribution in [0.2, 0.25) is 0 Å². The van der Waals surface area contributed by atoms with Gasteiger partial charge < -0.3 is 0 Å². The van der Waals surface area contributed by atoms with E-state index in [0.717, 1.165) is 15.8 Å². The first kappa shape index (κ1) is 15.3. The molecule has 2 aromatic carbocycles. The van der Waals surface area contributed by atoms with Crippen LogP contribution in [0.25, 0.3) is 0 Å². The number of thioether (sulfide) groups is 1. The van der Waals surface area contributed by atoms with Gasteiger partial charge in [0.25, 0.3) is 0 Å². The SMILES string of the molecule is O=C1C[C@@H](SCc2ccccc2)C(=O)N1c1ccc(Br)cc1. The molecule has 1 heterocycles. The number of rotatable bonds is 4. The molecule has 22 heavy (non-hydrogen) atoms. The van der Waals surface area contributed by atoms with Crippen LogP contribution in [0.3, 0.4) is 0 Å². The maximum atomic E-state index is 12.5. The standard InChI is InChI=1S/C17H14BrNO2S/c18-13-6-8-14(9-7-13)19-16(20)10-15(17(19)21)22-11-12-4-2-1-3-5-12/h1-9,15H,10-11H2/t15-/m1/s1. The molecule has 2 amide bonds. The lowest BCUT2D eigenvalue weighted by Gasteiger charge is -2.15. The number of nitrogens with zero attached hydrogens (tertiary/aromatic N) is 1. The molecule has 2 aromatic rings. The molecule has 0 spiro atoms. The molecule has 0 unspecified atom stereocenters. The smallest absolute Gasteiger partial charge is 0.247 e. The molecule has 3 rings (SSSR count). The van der Waals surface area contributed by atoms with Gasteiger partial charge in [0.1, 0.15) is 0 Å². The van der Waals surface area contributed by atoms with Gasteiger partial charge >= 0.3 is 0 Å². The summed E-state index contributed by atoms with van der Waals surface area (Å²) < 4.78 is 0.922. The molecular weight excluding hydrogens is 362 g/mol. The largest absolute Gasteiger partial charge is 0.274 e. The minimum atomic E-state index is -0.295. The molecule has 0 bridgehead atoms. The van der Waals surface area contributed by atoms with Crippen molar-refractivity contribution in [2.24, 2.45) is 0 Å². The highest BCUT2D eigenvalue weighted by atomic mass is 79.9. The highest BCUT2D eigenvalue weighted by Crippen LogP contribution is 2.31. The minimum Gasteiger partial charge on any atom is -0.274 e. The number of hydrogen-bond donors (Lipinski definition) is 0. The monoisotopic (exact) mass is 375 g/mol. The Balaban J connectivity index is 1.70. The van der Waals surface area contributed by atoms with Crippen LogP contribution in [0, 0.1) is 0 Å². The molecule has 1 fully saturated rings. The molecule has 1 saturated heterocycles. The third-order valence-corrected chi connectivity index (χ3v) is 5.28. The van der Waals surface area contributed by atoms with Crippen molar-refractivity contribution in [1.29, 1.82) is 0 Å². The molecule has 1 aliphatic rings. The van der Waals surface area contributed by atoms with Crippen LogP contribution in [0.4, 0.5) is 5.69 Å². The summed E-state index contributed by atoms with van der Waals surface area (Å²) in [5.41, 5.74) is 1.80.